The van der Waals surface area contributed by atoms with Crippen molar-refractivity contribution in [2.24, 2.45) is 0 Å². The first-order valence-electron chi connectivity index (χ1n) is 5.98. The quantitative estimate of drug-likeness (QED) is 0.839. The van der Waals surface area contributed by atoms with Crippen molar-refractivity contribution >= 4 is 22.4 Å². The Morgan fingerprint density at radius 3 is 2.59 bits per heavy atom. The number of hydrogen-bond acceptors (Lipinski definition) is 5. The van der Waals surface area contributed by atoms with Crippen LogP contribution >= 0.6 is 11.3 Å². The van der Waals surface area contributed by atoms with Crippen molar-refractivity contribution in [1.82, 2.24) is 14.8 Å². The van der Waals surface area contributed by atoms with Crippen molar-refractivity contribution < 1.29 is 4.79 Å². The summed E-state index contributed by atoms with van der Waals surface area (Å²) in [5.74, 6) is 0.0217. The number of thiazole rings is 1. The fourth-order valence-corrected chi connectivity index (χ4v) is 2.81. The van der Waals surface area contributed by atoms with Gasteiger partial charge in [0.1, 0.15) is 5.69 Å². The third kappa shape index (κ3) is 2.28. The first-order valence-corrected chi connectivity index (χ1v) is 6.86. The Morgan fingerprint density at radius 2 is 2.06 bits per heavy atom. The zero-order valence-electron chi connectivity index (χ0n) is 9.63. The van der Waals surface area contributed by atoms with Gasteiger partial charge in [0.25, 0.3) is 5.91 Å². The van der Waals surface area contributed by atoms with E-state index < -0.39 is 0 Å². The molecule has 1 aromatic heterocycles. The SMILES string of the molecule is Nc1nc(C(=O)N2CCN(C3CC3)CC2)cs1. The maximum Gasteiger partial charge on any atom is 0.273 e. The fraction of sp³-hybridized carbons (Fsp3) is 0.636. The van der Waals surface area contributed by atoms with E-state index in [4.69, 9.17) is 5.73 Å². The Bertz CT molecular complexity index is 421. The average Bonchev–Trinajstić information content (AvgIpc) is 3.11. The van der Waals surface area contributed by atoms with Crippen LogP contribution in [0.4, 0.5) is 5.13 Å². The summed E-state index contributed by atoms with van der Waals surface area (Å²) >= 11 is 1.32. The normalized spacial score (nSPS) is 21.8. The van der Waals surface area contributed by atoms with E-state index in [2.05, 4.69) is 9.88 Å². The van der Waals surface area contributed by atoms with Gasteiger partial charge in [-0.1, -0.05) is 0 Å². The first-order chi connectivity index (χ1) is 8.24. The van der Waals surface area contributed by atoms with Crippen LogP contribution in [0.1, 0.15) is 23.3 Å². The Morgan fingerprint density at radius 1 is 1.35 bits per heavy atom. The molecule has 0 radical (unpaired) electrons. The van der Waals surface area contributed by atoms with Gasteiger partial charge in [-0.2, -0.15) is 0 Å². The third-order valence-corrected chi connectivity index (χ3v) is 4.08. The van der Waals surface area contributed by atoms with Crippen molar-refractivity contribution in [3.8, 4) is 0 Å². The van der Waals surface area contributed by atoms with Gasteiger partial charge in [0.05, 0.1) is 0 Å². The maximum atomic E-state index is 12.1. The summed E-state index contributed by atoms with van der Waals surface area (Å²) in [6.07, 6.45) is 2.66. The minimum Gasteiger partial charge on any atom is -0.375 e. The smallest absolute Gasteiger partial charge is 0.273 e. The minimum absolute atomic E-state index is 0.0217. The summed E-state index contributed by atoms with van der Waals surface area (Å²) in [4.78, 5) is 20.5. The molecule has 2 heterocycles. The number of piperazine rings is 1. The second-order valence-corrected chi connectivity index (χ2v) is 5.52. The van der Waals surface area contributed by atoms with E-state index in [0.717, 1.165) is 32.2 Å². The van der Waals surface area contributed by atoms with Gasteiger partial charge in [-0.05, 0) is 12.8 Å². The highest BCUT2D eigenvalue weighted by atomic mass is 32.1. The van der Waals surface area contributed by atoms with Gasteiger partial charge < -0.3 is 10.6 Å². The van der Waals surface area contributed by atoms with Crippen LogP contribution in [0.2, 0.25) is 0 Å². The molecule has 5 nitrogen and oxygen atoms in total. The van der Waals surface area contributed by atoms with Crippen molar-refractivity contribution in [2.75, 3.05) is 31.9 Å². The molecule has 0 atom stereocenters. The molecular weight excluding hydrogens is 236 g/mol. The van der Waals surface area contributed by atoms with E-state index in [9.17, 15) is 4.79 Å². The second kappa shape index (κ2) is 4.27. The molecule has 0 unspecified atom stereocenters. The molecule has 2 aliphatic rings. The Balaban J connectivity index is 1.60. The molecule has 2 N–H and O–H groups in total. The number of amides is 1. The summed E-state index contributed by atoms with van der Waals surface area (Å²) in [7, 11) is 0. The van der Waals surface area contributed by atoms with E-state index in [1.54, 1.807) is 5.38 Å². The Hall–Kier alpha value is -1.14. The standard InChI is InChI=1S/C11H16N4OS/c12-11-13-9(7-17-11)10(16)15-5-3-14(4-6-15)8-1-2-8/h7-8H,1-6H2,(H2,12,13). The van der Waals surface area contributed by atoms with Crippen LogP contribution in [-0.2, 0) is 0 Å². The molecule has 1 saturated heterocycles. The predicted octanol–water partition coefficient (Wildman–Crippen LogP) is 0.645. The number of anilines is 1. The summed E-state index contributed by atoms with van der Waals surface area (Å²) < 4.78 is 0. The number of nitrogens with zero attached hydrogens (tertiary/aromatic N) is 3. The van der Waals surface area contributed by atoms with Gasteiger partial charge >= 0.3 is 0 Å². The molecule has 0 spiro atoms. The van der Waals surface area contributed by atoms with Gasteiger partial charge in [0, 0.05) is 37.6 Å². The number of carbonyl (C=O) groups excluding carboxylic acids is 1. The molecule has 6 heteroatoms. The zero-order valence-corrected chi connectivity index (χ0v) is 10.4. The van der Waals surface area contributed by atoms with E-state index in [1.807, 2.05) is 4.90 Å². The Labute approximate surface area is 104 Å². The molecule has 0 bridgehead atoms. The van der Waals surface area contributed by atoms with E-state index in [1.165, 1.54) is 24.2 Å². The molecule has 1 aromatic rings. The maximum absolute atomic E-state index is 12.1. The van der Waals surface area contributed by atoms with Crippen molar-refractivity contribution in [1.29, 1.82) is 0 Å². The lowest BCUT2D eigenvalue weighted by molar-refractivity contribution is 0.0622. The van der Waals surface area contributed by atoms with Crippen molar-refractivity contribution in [3.63, 3.8) is 0 Å². The summed E-state index contributed by atoms with van der Waals surface area (Å²) in [6, 6.07) is 0.794. The van der Waals surface area contributed by atoms with Crippen molar-refractivity contribution in [3.05, 3.63) is 11.1 Å². The molecule has 17 heavy (non-hydrogen) atoms. The lowest BCUT2D eigenvalue weighted by Gasteiger charge is -2.34. The highest BCUT2D eigenvalue weighted by Crippen LogP contribution is 2.27. The van der Waals surface area contributed by atoms with Crippen molar-refractivity contribution in [2.45, 2.75) is 18.9 Å². The van der Waals surface area contributed by atoms with Crippen LogP contribution in [0.5, 0.6) is 0 Å². The zero-order chi connectivity index (χ0) is 11.8. The molecule has 2 fully saturated rings. The molecule has 1 saturated carbocycles. The molecule has 1 aliphatic carbocycles. The van der Waals surface area contributed by atoms with Crippen LogP contribution in [0, 0.1) is 0 Å². The Kier molecular flexibility index (Phi) is 2.76. The highest BCUT2D eigenvalue weighted by Gasteiger charge is 2.32. The average molecular weight is 252 g/mol. The number of carbonyl (C=O) groups is 1. The number of nitrogens with two attached hydrogens (primary N) is 1. The van der Waals surface area contributed by atoms with Gasteiger partial charge in [0.15, 0.2) is 5.13 Å². The monoisotopic (exact) mass is 252 g/mol. The third-order valence-electron chi connectivity index (χ3n) is 3.41. The topological polar surface area (TPSA) is 62.5 Å². The first kappa shape index (κ1) is 11.0. The number of rotatable bonds is 2. The minimum atomic E-state index is 0.0217. The van der Waals surface area contributed by atoms with Crippen LogP contribution in [0.3, 0.4) is 0 Å². The van der Waals surface area contributed by atoms with Gasteiger partial charge in [-0.15, -0.1) is 11.3 Å². The van der Waals surface area contributed by atoms with Crippen LogP contribution < -0.4 is 5.73 Å². The van der Waals surface area contributed by atoms with Crippen LogP contribution in [-0.4, -0.2) is 52.9 Å². The molecule has 3 rings (SSSR count). The number of aromatic nitrogens is 1. The lowest BCUT2D eigenvalue weighted by Crippen LogP contribution is -2.49. The van der Waals surface area contributed by atoms with E-state index >= 15 is 0 Å². The summed E-state index contributed by atoms with van der Waals surface area (Å²) in [6.45, 7) is 3.62. The summed E-state index contributed by atoms with van der Waals surface area (Å²) in [5, 5.41) is 2.20. The number of hydrogen-bond donors (Lipinski definition) is 1. The number of nitrogen functional groups attached to an aromatic ring is 1. The van der Waals surface area contributed by atoms with E-state index in [0.29, 0.717) is 10.8 Å². The van der Waals surface area contributed by atoms with Gasteiger partial charge in [-0.25, -0.2) is 4.98 Å². The molecule has 1 amide bonds. The largest absolute Gasteiger partial charge is 0.375 e. The van der Waals surface area contributed by atoms with Crippen LogP contribution in [0.15, 0.2) is 5.38 Å². The van der Waals surface area contributed by atoms with Crippen LogP contribution in [0.25, 0.3) is 0 Å². The molecular formula is C11H16N4OS. The van der Waals surface area contributed by atoms with E-state index in [-0.39, 0.29) is 5.91 Å². The van der Waals surface area contributed by atoms with Gasteiger partial charge in [-0.3, -0.25) is 9.69 Å². The van der Waals surface area contributed by atoms with Gasteiger partial charge in [0.2, 0.25) is 0 Å². The lowest BCUT2D eigenvalue weighted by atomic mass is 10.3. The summed E-state index contributed by atoms with van der Waals surface area (Å²) in [5.41, 5.74) is 6.04. The molecule has 1 aliphatic heterocycles. The predicted molar refractivity (Wildman–Crippen MR) is 67.0 cm³/mol. The molecule has 92 valence electrons. The second-order valence-electron chi connectivity index (χ2n) is 4.63. The fourth-order valence-electron chi connectivity index (χ4n) is 2.28. The highest BCUT2D eigenvalue weighted by molar-refractivity contribution is 7.13. The molecule has 0 aromatic carbocycles.